The van der Waals surface area contributed by atoms with E-state index in [-0.39, 0.29) is 10.8 Å². The van der Waals surface area contributed by atoms with E-state index in [1.54, 1.807) is 0 Å². The number of likely N-dealkylation sites (N-methyl/N-ethyl adjacent to an activating group) is 3. The van der Waals surface area contributed by atoms with E-state index in [4.69, 9.17) is 0 Å². The molecule has 0 spiro atoms. The number of nitrogens with one attached hydrogen (secondary N) is 6. The first-order valence-electron chi connectivity index (χ1n) is 8.99. The minimum absolute atomic E-state index is 0.169. The van der Waals surface area contributed by atoms with Crippen LogP contribution in [-0.2, 0) is 0 Å². The Morgan fingerprint density at radius 1 is 0.522 bits per heavy atom. The van der Waals surface area contributed by atoms with Gasteiger partial charge in [-0.2, -0.15) is 0 Å². The van der Waals surface area contributed by atoms with Crippen LogP contribution in [0.25, 0.3) is 0 Å². The standard InChI is InChI=1S/C17H42N6/c1-16(2,3)17(13-21-10-7-18-4,14-22-11-8-19-5)15-23-12-9-20-6/h18-23H,7-15H2,1-6H3. The lowest BCUT2D eigenvalue weighted by atomic mass is 9.66. The first-order chi connectivity index (χ1) is 10.9. The van der Waals surface area contributed by atoms with Crippen LogP contribution >= 0.6 is 0 Å². The van der Waals surface area contributed by atoms with Crippen molar-refractivity contribution in [3.63, 3.8) is 0 Å². The van der Waals surface area contributed by atoms with Gasteiger partial charge in [0.1, 0.15) is 0 Å². The molecule has 0 aliphatic heterocycles. The molecular formula is C17H42N6. The molecule has 0 saturated carbocycles. The zero-order valence-electron chi connectivity index (χ0n) is 16.4. The quantitative estimate of drug-likeness (QED) is 0.226. The summed E-state index contributed by atoms with van der Waals surface area (Å²) in [5, 5.41) is 20.5. The van der Waals surface area contributed by atoms with Crippen molar-refractivity contribution in [2.45, 2.75) is 20.8 Å². The van der Waals surface area contributed by atoms with Gasteiger partial charge in [0.15, 0.2) is 0 Å². The fourth-order valence-corrected chi connectivity index (χ4v) is 2.61. The average Bonchev–Trinajstić information content (AvgIpc) is 2.50. The number of rotatable bonds is 15. The molecule has 0 fully saturated rings. The van der Waals surface area contributed by atoms with Crippen LogP contribution in [0.2, 0.25) is 0 Å². The molecule has 23 heavy (non-hydrogen) atoms. The lowest BCUT2D eigenvalue weighted by Gasteiger charge is -2.46. The summed E-state index contributed by atoms with van der Waals surface area (Å²) in [6, 6.07) is 0. The Balaban J connectivity index is 4.74. The zero-order chi connectivity index (χ0) is 17.6. The van der Waals surface area contributed by atoms with Crippen LogP contribution in [-0.4, -0.2) is 80.0 Å². The highest BCUT2D eigenvalue weighted by Crippen LogP contribution is 2.37. The Morgan fingerprint density at radius 3 is 1.04 bits per heavy atom. The van der Waals surface area contributed by atoms with Gasteiger partial charge in [0.05, 0.1) is 0 Å². The second-order valence-corrected chi connectivity index (χ2v) is 7.37. The van der Waals surface area contributed by atoms with Gasteiger partial charge in [-0.1, -0.05) is 20.8 Å². The molecule has 0 atom stereocenters. The van der Waals surface area contributed by atoms with Gasteiger partial charge < -0.3 is 31.9 Å². The van der Waals surface area contributed by atoms with Gasteiger partial charge in [-0.05, 0) is 26.6 Å². The summed E-state index contributed by atoms with van der Waals surface area (Å²) >= 11 is 0. The molecule has 0 amide bonds. The van der Waals surface area contributed by atoms with Crippen molar-refractivity contribution in [3.8, 4) is 0 Å². The Hall–Kier alpha value is -0.240. The van der Waals surface area contributed by atoms with E-state index in [1.807, 2.05) is 21.1 Å². The number of hydrogen-bond donors (Lipinski definition) is 6. The van der Waals surface area contributed by atoms with Gasteiger partial charge in [-0.3, -0.25) is 0 Å². The van der Waals surface area contributed by atoms with Gasteiger partial charge in [0.2, 0.25) is 0 Å². The van der Waals surface area contributed by atoms with Gasteiger partial charge >= 0.3 is 0 Å². The Labute approximate surface area is 144 Å². The molecule has 0 aliphatic rings. The highest BCUT2D eigenvalue weighted by Gasteiger charge is 2.40. The second-order valence-electron chi connectivity index (χ2n) is 7.37. The summed E-state index contributed by atoms with van der Waals surface area (Å²) in [7, 11) is 5.99. The van der Waals surface area contributed by atoms with Crippen molar-refractivity contribution in [2.24, 2.45) is 10.8 Å². The van der Waals surface area contributed by atoms with Crippen molar-refractivity contribution in [1.29, 1.82) is 0 Å². The maximum atomic E-state index is 3.64. The highest BCUT2D eigenvalue weighted by molar-refractivity contribution is 4.95. The summed E-state index contributed by atoms with van der Waals surface area (Å²) in [5.74, 6) is 0. The molecule has 0 bridgehead atoms. The normalized spacial score (nSPS) is 12.8. The minimum atomic E-state index is 0.169. The first-order valence-corrected chi connectivity index (χ1v) is 8.99. The number of hydrogen-bond acceptors (Lipinski definition) is 6. The van der Waals surface area contributed by atoms with E-state index in [1.165, 1.54) is 0 Å². The zero-order valence-corrected chi connectivity index (χ0v) is 16.4. The van der Waals surface area contributed by atoms with Crippen LogP contribution in [0.15, 0.2) is 0 Å². The molecule has 0 rings (SSSR count). The third kappa shape index (κ3) is 9.59. The summed E-state index contributed by atoms with van der Waals surface area (Å²) in [6.07, 6.45) is 0. The van der Waals surface area contributed by atoms with Crippen molar-refractivity contribution < 1.29 is 0 Å². The van der Waals surface area contributed by atoms with Crippen LogP contribution in [0.1, 0.15) is 20.8 Å². The highest BCUT2D eigenvalue weighted by atomic mass is 15.0. The molecule has 6 heteroatoms. The van der Waals surface area contributed by atoms with Crippen LogP contribution in [0.5, 0.6) is 0 Å². The Kier molecular flexibility index (Phi) is 13.0. The molecule has 0 radical (unpaired) electrons. The maximum absolute atomic E-state index is 3.64. The van der Waals surface area contributed by atoms with E-state index in [2.05, 4.69) is 52.7 Å². The molecule has 0 aromatic heterocycles. The summed E-state index contributed by atoms with van der Waals surface area (Å²) in [4.78, 5) is 0. The molecule has 0 aromatic carbocycles. The molecule has 0 unspecified atom stereocenters. The Morgan fingerprint density at radius 2 is 0.826 bits per heavy atom. The largest absolute Gasteiger partial charge is 0.318 e. The van der Waals surface area contributed by atoms with Gasteiger partial charge in [-0.15, -0.1) is 0 Å². The summed E-state index contributed by atoms with van der Waals surface area (Å²) in [6.45, 7) is 16.1. The summed E-state index contributed by atoms with van der Waals surface area (Å²) in [5.41, 5.74) is 0.376. The van der Waals surface area contributed by atoms with Crippen molar-refractivity contribution in [1.82, 2.24) is 31.9 Å². The van der Waals surface area contributed by atoms with E-state index in [0.717, 1.165) is 58.9 Å². The van der Waals surface area contributed by atoms with Crippen LogP contribution < -0.4 is 31.9 Å². The third-order valence-electron chi connectivity index (χ3n) is 4.64. The average molecular weight is 331 g/mol. The molecule has 0 saturated heterocycles. The molecule has 0 aliphatic carbocycles. The van der Waals surface area contributed by atoms with Crippen molar-refractivity contribution >= 4 is 0 Å². The summed E-state index contributed by atoms with van der Waals surface area (Å²) < 4.78 is 0. The van der Waals surface area contributed by atoms with Crippen molar-refractivity contribution in [2.75, 3.05) is 80.0 Å². The topological polar surface area (TPSA) is 72.2 Å². The van der Waals surface area contributed by atoms with Crippen LogP contribution in [0.4, 0.5) is 0 Å². The third-order valence-corrected chi connectivity index (χ3v) is 4.64. The van der Waals surface area contributed by atoms with E-state index < -0.39 is 0 Å². The van der Waals surface area contributed by atoms with E-state index in [0.29, 0.717) is 0 Å². The predicted molar refractivity (Wildman–Crippen MR) is 102 cm³/mol. The molecule has 0 aromatic rings. The fraction of sp³-hybridized carbons (Fsp3) is 1.00. The van der Waals surface area contributed by atoms with E-state index in [9.17, 15) is 0 Å². The second kappa shape index (κ2) is 13.1. The van der Waals surface area contributed by atoms with Gasteiger partial charge in [-0.25, -0.2) is 0 Å². The first kappa shape index (κ1) is 22.8. The van der Waals surface area contributed by atoms with Crippen molar-refractivity contribution in [3.05, 3.63) is 0 Å². The minimum Gasteiger partial charge on any atom is -0.318 e. The van der Waals surface area contributed by atoms with Gasteiger partial charge in [0, 0.05) is 64.3 Å². The molecule has 140 valence electrons. The van der Waals surface area contributed by atoms with Crippen LogP contribution in [0.3, 0.4) is 0 Å². The smallest absolute Gasteiger partial charge is 0.0126 e. The monoisotopic (exact) mass is 330 g/mol. The molecular weight excluding hydrogens is 288 g/mol. The molecule has 0 heterocycles. The molecule has 6 nitrogen and oxygen atoms in total. The lowest BCUT2D eigenvalue weighted by Crippen LogP contribution is -2.57. The van der Waals surface area contributed by atoms with E-state index >= 15 is 0 Å². The van der Waals surface area contributed by atoms with Gasteiger partial charge in [0.25, 0.3) is 0 Å². The van der Waals surface area contributed by atoms with Crippen LogP contribution in [0, 0.1) is 10.8 Å². The Bertz CT molecular complexity index is 233. The lowest BCUT2D eigenvalue weighted by molar-refractivity contribution is 0.0819. The molecule has 6 N–H and O–H groups in total. The SMILES string of the molecule is CNCCNCC(CNCCNC)(CNCCNC)C(C)(C)C. The predicted octanol–water partition coefficient (Wildman–Crippen LogP) is -0.554. The maximum Gasteiger partial charge on any atom is 0.0126 e. The fourth-order valence-electron chi connectivity index (χ4n) is 2.61.